The Morgan fingerprint density at radius 1 is 0.815 bits per heavy atom. The molecule has 0 aromatic heterocycles. The van der Waals surface area contributed by atoms with Crippen molar-refractivity contribution in [2.75, 3.05) is 12.4 Å². The van der Waals surface area contributed by atoms with Gasteiger partial charge in [-0.1, -0.05) is 42.5 Å². The maximum atomic E-state index is 12.1. The van der Waals surface area contributed by atoms with Crippen LogP contribution in [0.5, 0.6) is 11.5 Å². The van der Waals surface area contributed by atoms with E-state index in [0.717, 1.165) is 28.3 Å². The third-order valence-electron chi connectivity index (χ3n) is 4.19. The van der Waals surface area contributed by atoms with Crippen LogP contribution >= 0.6 is 0 Å². The number of nitrogens with one attached hydrogen (secondary N) is 1. The van der Waals surface area contributed by atoms with Gasteiger partial charge in [0, 0.05) is 12.1 Å². The average molecular weight is 361 g/mol. The minimum atomic E-state index is -0.0104. The van der Waals surface area contributed by atoms with Crippen molar-refractivity contribution in [3.05, 3.63) is 90.0 Å². The van der Waals surface area contributed by atoms with Gasteiger partial charge in [-0.25, -0.2) is 0 Å². The predicted molar refractivity (Wildman–Crippen MR) is 107 cm³/mol. The van der Waals surface area contributed by atoms with Gasteiger partial charge in [-0.05, 0) is 53.9 Å². The Kier molecular flexibility index (Phi) is 6.47. The molecule has 0 heterocycles. The van der Waals surface area contributed by atoms with E-state index in [1.54, 1.807) is 7.11 Å². The molecule has 138 valence electrons. The summed E-state index contributed by atoms with van der Waals surface area (Å²) in [5, 5.41) is 2.92. The van der Waals surface area contributed by atoms with Gasteiger partial charge >= 0.3 is 0 Å². The molecule has 0 saturated heterocycles. The van der Waals surface area contributed by atoms with Crippen molar-refractivity contribution in [1.82, 2.24) is 0 Å². The number of rotatable bonds is 8. The van der Waals surface area contributed by atoms with Crippen LogP contribution in [0.25, 0.3) is 0 Å². The van der Waals surface area contributed by atoms with Crippen LogP contribution in [0.3, 0.4) is 0 Å². The molecule has 0 saturated carbocycles. The highest BCUT2D eigenvalue weighted by molar-refractivity contribution is 5.90. The highest BCUT2D eigenvalue weighted by atomic mass is 16.5. The van der Waals surface area contributed by atoms with Gasteiger partial charge in [0.25, 0.3) is 0 Å². The quantitative estimate of drug-likeness (QED) is 0.624. The molecule has 0 aliphatic carbocycles. The standard InChI is InChI=1S/C23H23NO3/c1-26-21-12-7-18(8-13-21)9-16-23(25)24-20-10-14-22(15-11-20)27-17-19-5-3-2-4-6-19/h2-8,10-15H,9,16-17H2,1H3,(H,24,25). The molecule has 27 heavy (non-hydrogen) atoms. The van der Waals surface area contributed by atoms with Gasteiger partial charge in [-0.15, -0.1) is 0 Å². The number of carbonyl (C=O) groups is 1. The fourth-order valence-electron chi connectivity index (χ4n) is 2.65. The highest BCUT2D eigenvalue weighted by Gasteiger charge is 2.04. The largest absolute Gasteiger partial charge is 0.497 e. The second-order valence-corrected chi connectivity index (χ2v) is 6.19. The molecule has 0 bridgehead atoms. The molecular weight excluding hydrogens is 338 g/mol. The molecule has 0 atom stereocenters. The summed E-state index contributed by atoms with van der Waals surface area (Å²) in [5.74, 6) is 1.58. The average Bonchev–Trinajstić information content (AvgIpc) is 2.73. The molecule has 4 heteroatoms. The Hall–Kier alpha value is -3.27. The van der Waals surface area contributed by atoms with Gasteiger partial charge < -0.3 is 14.8 Å². The van der Waals surface area contributed by atoms with Gasteiger partial charge in [-0.2, -0.15) is 0 Å². The lowest BCUT2D eigenvalue weighted by atomic mass is 10.1. The van der Waals surface area contributed by atoms with Crippen molar-refractivity contribution < 1.29 is 14.3 Å². The molecule has 3 aromatic rings. The lowest BCUT2D eigenvalue weighted by Crippen LogP contribution is -2.12. The summed E-state index contributed by atoms with van der Waals surface area (Å²) < 4.78 is 10.9. The summed E-state index contributed by atoms with van der Waals surface area (Å²) in [6, 6.07) is 25.2. The first kappa shape index (κ1) is 18.5. The van der Waals surface area contributed by atoms with Crippen LogP contribution in [0.15, 0.2) is 78.9 Å². The Morgan fingerprint density at radius 3 is 2.15 bits per heavy atom. The van der Waals surface area contributed by atoms with Crippen LogP contribution in [-0.4, -0.2) is 13.0 Å². The molecule has 3 rings (SSSR count). The van der Waals surface area contributed by atoms with Crippen LogP contribution < -0.4 is 14.8 Å². The Bertz CT molecular complexity index is 843. The summed E-state index contributed by atoms with van der Waals surface area (Å²) in [6.45, 7) is 0.522. The molecule has 0 unspecified atom stereocenters. The van der Waals surface area contributed by atoms with E-state index in [1.165, 1.54) is 0 Å². The normalized spacial score (nSPS) is 10.3. The lowest BCUT2D eigenvalue weighted by Gasteiger charge is -2.09. The fraction of sp³-hybridized carbons (Fsp3) is 0.174. The van der Waals surface area contributed by atoms with Gasteiger partial charge in [0.1, 0.15) is 18.1 Å². The van der Waals surface area contributed by atoms with Gasteiger partial charge in [0.05, 0.1) is 7.11 Å². The number of hydrogen-bond acceptors (Lipinski definition) is 3. The van der Waals surface area contributed by atoms with E-state index in [0.29, 0.717) is 19.4 Å². The van der Waals surface area contributed by atoms with E-state index in [1.807, 2.05) is 78.9 Å². The van der Waals surface area contributed by atoms with Crippen molar-refractivity contribution in [2.24, 2.45) is 0 Å². The predicted octanol–water partition coefficient (Wildman–Crippen LogP) is 4.85. The van der Waals surface area contributed by atoms with Crippen LogP contribution in [0.2, 0.25) is 0 Å². The number of aryl methyl sites for hydroxylation is 1. The van der Waals surface area contributed by atoms with E-state index in [4.69, 9.17) is 9.47 Å². The number of carbonyl (C=O) groups excluding carboxylic acids is 1. The van der Waals surface area contributed by atoms with Crippen molar-refractivity contribution >= 4 is 11.6 Å². The molecule has 0 aliphatic heterocycles. The summed E-state index contributed by atoms with van der Waals surface area (Å²) in [7, 11) is 1.64. The summed E-state index contributed by atoms with van der Waals surface area (Å²) in [6.07, 6.45) is 1.12. The maximum absolute atomic E-state index is 12.1. The number of amides is 1. The molecule has 3 aromatic carbocycles. The lowest BCUT2D eigenvalue weighted by molar-refractivity contribution is -0.116. The van der Waals surface area contributed by atoms with E-state index < -0.39 is 0 Å². The Morgan fingerprint density at radius 2 is 1.48 bits per heavy atom. The summed E-state index contributed by atoms with van der Waals surface area (Å²) in [5.41, 5.74) is 2.99. The third-order valence-corrected chi connectivity index (χ3v) is 4.19. The minimum Gasteiger partial charge on any atom is -0.497 e. The van der Waals surface area contributed by atoms with Crippen molar-refractivity contribution in [3.8, 4) is 11.5 Å². The van der Waals surface area contributed by atoms with Gasteiger partial charge in [-0.3, -0.25) is 4.79 Å². The van der Waals surface area contributed by atoms with E-state index in [2.05, 4.69) is 5.32 Å². The molecule has 0 fully saturated rings. The second-order valence-electron chi connectivity index (χ2n) is 6.19. The highest BCUT2D eigenvalue weighted by Crippen LogP contribution is 2.18. The first-order chi connectivity index (χ1) is 13.2. The molecule has 1 amide bonds. The maximum Gasteiger partial charge on any atom is 0.224 e. The molecule has 0 aliphatic rings. The van der Waals surface area contributed by atoms with Crippen molar-refractivity contribution in [2.45, 2.75) is 19.4 Å². The number of hydrogen-bond donors (Lipinski definition) is 1. The van der Waals surface area contributed by atoms with Crippen LogP contribution in [0, 0.1) is 0 Å². The second kappa shape index (κ2) is 9.43. The number of anilines is 1. The van der Waals surface area contributed by atoms with Gasteiger partial charge in [0.15, 0.2) is 0 Å². The number of ether oxygens (including phenoxy) is 2. The number of benzene rings is 3. The Balaban J connectivity index is 1.45. The minimum absolute atomic E-state index is 0.0104. The number of methoxy groups -OCH3 is 1. The zero-order valence-corrected chi connectivity index (χ0v) is 15.4. The molecular formula is C23H23NO3. The summed E-state index contributed by atoms with van der Waals surface area (Å²) >= 11 is 0. The Labute approximate surface area is 159 Å². The molecule has 1 N–H and O–H groups in total. The topological polar surface area (TPSA) is 47.6 Å². The zero-order valence-electron chi connectivity index (χ0n) is 15.4. The van der Waals surface area contributed by atoms with Crippen molar-refractivity contribution in [3.63, 3.8) is 0 Å². The fourth-order valence-corrected chi connectivity index (χ4v) is 2.65. The SMILES string of the molecule is COc1ccc(CCC(=O)Nc2ccc(OCc3ccccc3)cc2)cc1. The molecule has 4 nitrogen and oxygen atoms in total. The van der Waals surface area contributed by atoms with Crippen LogP contribution in [0.4, 0.5) is 5.69 Å². The molecule has 0 radical (unpaired) electrons. The smallest absolute Gasteiger partial charge is 0.224 e. The van der Waals surface area contributed by atoms with E-state index >= 15 is 0 Å². The van der Waals surface area contributed by atoms with Crippen LogP contribution in [0.1, 0.15) is 17.5 Å². The zero-order chi connectivity index (χ0) is 18.9. The molecule has 0 spiro atoms. The third kappa shape index (κ3) is 5.89. The van der Waals surface area contributed by atoms with Crippen LogP contribution in [-0.2, 0) is 17.8 Å². The van der Waals surface area contributed by atoms with E-state index in [9.17, 15) is 4.79 Å². The first-order valence-electron chi connectivity index (χ1n) is 8.92. The summed E-state index contributed by atoms with van der Waals surface area (Å²) in [4.78, 5) is 12.1. The van der Waals surface area contributed by atoms with Gasteiger partial charge in [0.2, 0.25) is 5.91 Å². The van der Waals surface area contributed by atoms with E-state index in [-0.39, 0.29) is 5.91 Å². The van der Waals surface area contributed by atoms with Crippen molar-refractivity contribution in [1.29, 1.82) is 0 Å². The first-order valence-corrected chi connectivity index (χ1v) is 8.92. The monoisotopic (exact) mass is 361 g/mol.